The first kappa shape index (κ1) is 18.8. The molecule has 1 N–H and O–H groups in total. The van der Waals surface area contributed by atoms with Crippen molar-refractivity contribution in [3.05, 3.63) is 40.3 Å². The molecule has 3 aliphatic rings. The van der Waals surface area contributed by atoms with Crippen LogP contribution >= 0.6 is 0 Å². The molecule has 3 heterocycles. The van der Waals surface area contributed by atoms with E-state index in [0.29, 0.717) is 23.6 Å². The average Bonchev–Trinajstić information content (AvgIpc) is 2.91. The summed E-state index contributed by atoms with van der Waals surface area (Å²) >= 11 is 0. The van der Waals surface area contributed by atoms with Gasteiger partial charge in [0.15, 0.2) is 0 Å². The molecule has 2 aliphatic heterocycles. The highest BCUT2D eigenvalue weighted by Gasteiger charge is 2.44. The Kier molecular flexibility index (Phi) is 4.90. The minimum atomic E-state index is -1.24. The standard InChI is InChI=1S/C23H29N3O3/c27-22-21(23(28)29)24-19-9-5-6-10-20(19)26(22)18-13-16-11-12-17(14-18)25(16)15-7-3-1-2-4-8-15/h5-6,9-10,15-18H,1-4,7-8,11-14H2,(H,28,29)/t16-,17+,18+. The third kappa shape index (κ3) is 3.27. The van der Waals surface area contributed by atoms with Gasteiger partial charge >= 0.3 is 5.97 Å². The van der Waals surface area contributed by atoms with Gasteiger partial charge in [0.05, 0.1) is 11.0 Å². The second-order valence-electron chi connectivity index (χ2n) is 9.03. The van der Waals surface area contributed by atoms with Gasteiger partial charge in [-0.2, -0.15) is 0 Å². The molecule has 6 nitrogen and oxygen atoms in total. The molecule has 3 fully saturated rings. The van der Waals surface area contributed by atoms with Crippen molar-refractivity contribution in [1.29, 1.82) is 0 Å². The van der Waals surface area contributed by atoms with E-state index >= 15 is 0 Å². The largest absolute Gasteiger partial charge is 0.476 e. The van der Waals surface area contributed by atoms with E-state index in [1.54, 1.807) is 10.6 Å². The Hall–Kier alpha value is -2.21. The summed E-state index contributed by atoms with van der Waals surface area (Å²) in [4.78, 5) is 31.7. The normalized spacial score (nSPS) is 28.5. The quantitative estimate of drug-likeness (QED) is 0.796. The van der Waals surface area contributed by atoms with Crippen molar-refractivity contribution in [2.75, 3.05) is 0 Å². The van der Waals surface area contributed by atoms with Crippen molar-refractivity contribution >= 4 is 17.0 Å². The Morgan fingerprint density at radius 2 is 1.55 bits per heavy atom. The molecular formula is C23H29N3O3. The molecule has 0 amide bonds. The van der Waals surface area contributed by atoms with Gasteiger partial charge in [-0.05, 0) is 50.7 Å². The van der Waals surface area contributed by atoms with Crippen LogP contribution in [0.3, 0.4) is 0 Å². The second-order valence-corrected chi connectivity index (χ2v) is 9.03. The van der Waals surface area contributed by atoms with E-state index in [0.717, 1.165) is 18.4 Å². The molecule has 3 atom stereocenters. The van der Waals surface area contributed by atoms with Gasteiger partial charge in [0, 0.05) is 24.2 Å². The van der Waals surface area contributed by atoms with Crippen LogP contribution < -0.4 is 5.56 Å². The zero-order valence-corrected chi connectivity index (χ0v) is 16.8. The molecule has 5 rings (SSSR count). The molecule has 0 radical (unpaired) electrons. The van der Waals surface area contributed by atoms with Crippen LogP contribution in [0.4, 0.5) is 0 Å². The number of carbonyl (C=O) groups is 1. The van der Waals surface area contributed by atoms with Crippen LogP contribution in [-0.4, -0.2) is 43.7 Å². The Morgan fingerprint density at radius 3 is 2.21 bits per heavy atom. The summed E-state index contributed by atoms with van der Waals surface area (Å²) in [7, 11) is 0. The predicted octanol–water partition coefficient (Wildman–Crippen LogP) is 3.99. The first-order valence-corrected chi connectivity index (χ1v) is 11.2. The number of para-hydroxylation sites is 2. The molecule has 1 aliphatic carbocycles. The molecule has 0 unspecified atom stereocenters. The molecule has 154 valence electrons. The highest BCUT2D eigenvalue weighted by Crippen LogP contribution is 2.44. The highest BCUT2D eigenvalue weighted by atomic mass is 16.4. The smallest absolute Gasteiger partial charge is 0.360 e. The van der Waals surface area contributed by atoms with Gasteiger partial charge < -0.3 is 9.67 Å². The van der Waals surface area contributed by atoms with Crippen molar-refractivity contribution in [3.8, 4) is 0 Å². The lowest BCUT2D eigenvalue weighted by molar-refractivity contribution is 0.0546. The van der Waals surface area contributed by atoms with E-state index in [2.05, 4.69) is 9.88 Å². The summed E-state index contributed by atoms with van der Waals surface area (Å²) in [5, 5.41) is 9.52. The van der Waals surface area contributed by atoms with E-state index < -0.39 is 11.5 Å². The molecule has 6 heteroatoms. The number of carboxylic acid groups (broad SMARTS) is 1. The molecule has 1 aromatic heterocycles. The van der Waals surface area contributed by atoms with Crippen LogP contribution in [-0.2, 0) is 0 Å². The third-order valence-corrected chi connectivity index (χ3v) is 7.37. The SMILES string of the molecule is O=C(O)c1nc2ccccc2n([C@H]2C[C@H]3CC[C@@H](C2)N3C2CCCCCC2)c1=O. The number of benzene rings is 1. The van der Waals surface area contributed by atoms with Gasteiger partial charge in [-0.3, -0.25) is 9.69 Å². The zero-order chi connectivity index (χ0) is 20.0. The van der Waals surface area contributed by atoms with E-state index in [4.69, 9.17) is 0 Å². The molecule has 0 spiro atoms. The van der Waals surface area contributed by atoms with E-state index in [1.807, 2.05) is 18.2 Å². The minimum absolute atomic E-state index is 0.0491. The summed E-state index contributed by atoms with van der Waals surface area (Å²) in [6, 6.07) is 9.19. The summed E-state index contributed by atoms with van der Waals surface area (Å²) in [6.07, 6.45) is 12.2. The lowest BCUT2D eigenvalue weighted by Gasteiger charge is -2.44. The maximum Gasteiger partial charge on any atom is 0.360 e. The fourth-order valence-corrected chi connectivity index (χ4v) is 6.20. The Balaban J connectivity index is 1.51. The van der Waals surface area contributed by atoms with Crippen LogP contribution in [0.5, 0.6) is 0 Å². The number of aromatic nitrogens is 2. The van der Waals surface area contributed by atoms with Gasteiger partial charge in [-0.15, -0.1) is 0 Å². The molecule has 2 aromatic rings. The van der Waals surface area contributed by atoms with Crippen LogP contribution in [0.25, 0.3) is 11.0 Å². The van der Waals surface area contributed by atoms with E-state index in [1.165, 1.54) is 51.4 Å². The lowest BCUT2D eigenvalue weighted by Crippen LogP contribution is -2.50. The van der Waals surface area contributed by atoms with Gasteiger partial charge in [0.1, 0.15) is 0 Å². The second kappa shape index (κ2) is 7.56. The molecule has 1 saturated carbocycles. The summed E-state index contributed by atoms with van der Waals surface area (Å²) in [5.41, 5.74) is 0.531. The average molecular weight is 396 g/mol. The number of hydrogen-bond donors (Lipinski definition) is 1. The number of nitrogens with zero attached hydrogens (tertiary/aromatic N) is 3. The highest BCUT2D eigenvalue weighted by molar-refractivity contribution is 5.88. The van der Waals surface area contributed by atoms with E-state index in [-0.39, 0.29) is 11.7 Å². The van der Waals surface area contributed by atoms with E-state index in [9.17, 15) is 14.7 Å². The first-order chi connectivity index (χ1) is 14.1. The van der Waals surface area contributed by atoms with Crippen molar-refractivity contribution < 1.29 is 9.90 Å². The molecular weight excluding hydrogens is 366 g/mol. The predicted molar refractivity (Wildman–Crippen MR) is 111 cm³/mol. The fraction of sp³-hybridized carbons (Fsp3) is 0.609. The fourth-order valence-electron chi connectivity index (χ4n) is 6.20. The maximum atomic E-state index is 13.1. The van der Waals surface area contributed by atoms with Gasteiger partial charge in [-0.25, -0.2) is 9.78 Å². The number of hydrogen-bond acceptors (Lipinski definition) is 4. The zero-order valence-electron chi connectivity index (χ0n) is 16.8. The first-order valence-electron chi connectivity index (χ1n) is 11.2. The van der Waals surface area contributed by atoms with Crippen molar-refractivity contribution in [1.82, 2.24) is 14.5 Å². The number of rotatable bonds is 3. The number of carboxylic acids is 1. The van der Waals surface area contributed by atoms with Gasteiger partial charge in [-0.1, -0.05) is 37.8 Å². The molecule has 2 saturated heterocycles. The Bertz CT molecular complexity index is 963. The Morgan fingerprint density at radius 1 is 0.897 bits per heavy atom. The monoisotopic (exact) mass is 395 g/mol. The summed E-state index contributed by atoms with van der Waals surface area (Å²) in [5.74, 6) is -1.24. The van der Waals surface area contributed by atoms with Crippen LogP contribution in [0, 0.1) is 0 Å². The lowest BCUT2D eigenvalue weighted by atomic mass is 9.92. The van der Waals surface area contributed by atoms with Crippen molar-refractivity contribution in [3.63, 3.8) is 0 Å². The summed E-state index contributed by atoms with van der Waals surface area (Å²) < 4.78 is 1.75. The van der Waals surface area contributed by atoms with Crippen molar-refractivity contribution in [2.24, 2.45) is 0 Å². The summed E-state index contributed by atoms with van der Waals surface area (Å²) in [6.45, 7) is 0. The van der Waals surface area contributed by atoms with Crippen LogP contribution in [0.1, 0.15) is 80.7 Å². The Labute approximate surface area is 170 Å². The maximum absolute atomic E-state index is 13.1. The van der Waals surface area contributed by atoms with Gasteiger partial charge in [0.2, 0.25) is 5.69 Å². The van der Waals surface area contributed by atoms with Gasteiger partial charge in [0.25, 0.3) is 5.56 Å². The number of fused-ring (bicyclic) bond motifs is 3. The number of piperidine rings is 1. The molecule has 1 aromatic carbocycles. The third-order valence-electron chi connectivity index (χ3n) is 7.37. The van der Waals surface area contributed by atoms with Crippen LogP contribution in [0.2, 0.25) is 0 Å². The van der Waals surface area contributed by atoms with Crippen molar-refractivity contribution in [2.45, 2.75) is 88.4 Å². The number of aromatic carboxylic acids is 1. The molecule has 2 bridgehead atoms. The van der Waals surface area contributed by atoms with Crippen LogP contribution in [0.15, 0.2) is 29.1 Å². The molecule has 29 heavy (non-hydrogen) atoms. The minimum Gasteiger partial charge on any atom is -0.476 e. The topological polar surface area (TPSA) is 75.4 Å².